The predicted octanol–water partition coefficient (Wildman–Crippen LogP) is 23.0. The first-order valence-corrected chi connectivity index (χ1v) is 42.8. The minimum Gasteiger partial charge on any atom is -0.462 e. The summed E-state index contributed by atoms with van der Waals surface area (Å²) in [4.78, 5) is 72.9. The van der Waals surface area contributed by atoms with Crippen molar-refractivity contribution in [2.75, 3.05) is 39.6 Å². The number of hydrogen-bond acceptors (Lipinski definition) is 15. The molecule has 0 bridgehead atoms. The number of phosphoric acid groups is 2. The highest BCUT2D eigenvalue weighted by molar-refractivity contribution is 7.47. The minimum atomic E-state index is -4.99. The van der Waals surface area contributed by atoms with E-state index in [1.165, 1.54) is 141 Å². The van der Waals surface area contributed by atoms with Crippen molar-refractivity contribution in [3.05, 3.63) is 85.1 Å². The molecule has 0 rings (SSSR count). The molecule has 0 saturated heterocycles. The molecule has 0 fully saturated rings. The molecular formula is C81H144O17P2. The average Bonchev–Trinajstić information content (AvgIpc) is 1.06. The van der Waals surface area contributed by atoms with E-state index in [-0.39, 0.29) is 25.7 Å². The van der Waals surface area contributed by atoms with Crippen LogP contribution in [-0.4, -0.2) is 96.7 Å². The summed E-state index contributed by atoms with van der Waals surface area (Å²) in [5.74, 6) is -2.23. The van der Waals surface area contributed by atoms with E-state index in [9.17, 15) is 43.2 Å². The maximum absolute atomic E-state index is 13.1. The van der Waals surface area contributed by atoms with Crippen molar-refractivity contribution < 1.29 is 80.2 Å². The number of hydrogen-bond donors (Lipinski definition) is 3. The number of aliphatic hydroxyl groups excluding tert-OH is 1. The van der Waals surface area contributed by atoms with Gasteiger partial charge in [-0.05, 0) is 96.3 Å². The molecule has 0 spiro atoms. The van der Waals surface area contributed by atoms with Crippen molar-refractivity contribution in [1.29, 1.82) is 0 Å². The fourth-order valence-electron chi connectivity index (χ4n) is 10.8. The Bertz CT molecular complexity index is 2230. The second kappa shape index (κ2) is 73.5. The van der Waals surface area contributed by atoms with Crippen LogP contribution in [0.25, 0.3) is 0 Å². The lowest BCUT2D eigenvalue weighted by Crippen LogP contribution is -2.30. The molecule has 580 valence electrons. The second-order valence-electron chi connectivity index (χ2n) is 26.6. The summed E-state index contributed by atoms with van der Waals surface area (Å²) in [6.45, 7) is 4.71. The monoisotopic (exact) mass is 1450 g/mol. The third-order valence-electron chi connectivity index (χ3n) is 16.9. The zero-order valence-electron chi connectivity index (χ0n) is 63.4. The van der Waals surface area contributed by atoms with Crippen molar-refractivity contribution in [3.63, 3.8) is 0 Å². The zero-order valence-corrected chi connectivity index (χ0v) is 65.2. The Morgan fingerprint density at radius 1 is 0.290 bits per heavy atom. The molecule has 0 aromatic rings. The normalized spacial score (nSPS) is 14.3. The van der Waals surface area contributed by atoms with Gasteiger partial charge in [0.2, 0.25) is 0 Å². The van der Waals surface area contributed by atoms with Crippen molar-refractivity contribution >= 4 is 39.5 Å². The number of carbonyl (C=O) groups excluding carboxylic acids is 4. The van der Waals surface area contributed by atoms with Gasteiger partial charge in [-0.3, -0.25) is 37.3 Å². The zero-order chi connectivity index (χ0) is 73.2. The molecule has 0 radical (unpaired) electrons. The first-order valence-electron chi connectivity index (χ1n) is 39.8. The van der Waals surface area contributed by atoms with Crippen LogP contribution in [0.15, 0.2) is 85.1 Å². The van der Waals surface area contributed by atoms with Crippen LogP contribution in [0, 0.1) is 0 Å². The lowest BCUT2D eigenvalue weighted by atomic mass is 10.0. The Hall–Kier alpha value is -3.76. The van der Waals surface area contributed by atoms with E-state index in [0.717, 1.165) is 122 Å². The van der Waals surface area contributed by atoms with E-state index in [4.69, 9.17) is 37.0 Å². The molecule has 0 aliphatic heterocycles. The number of rotatable bonds is 75. The van der Waals surface area contributed by atoms with E-state index in [2.05, 4.69) is 101 Å². The number of aliphatic hydroxyl groups is 1. The molecule has 0 aromatic carbocycles. The van der Waals surface area contributed by atoms with Gasteiger partial charge in [-0.25, -0.2) is 9.13 Å². The second-order valence-corrected chi connectivity index (χ2v) is 29.5. The molecule has 100 heavy (non-hydrogen) atoms. The fraction of sp³-hybridized carbons (Fsp3) is 0.778. The van der Waals surface area contributed by atoms with Crippen LogP contribution in [0.1, 0.15) is 349 Å². The van der Waals surface area contributed by atoms with Crippen LogP contribution in [0.2, 0.25) is 0 Å². The van der Waals surface area contributed by atoms with Crippen molar-refractivity contribution in [2.45, 2.75) is 367 Å². The van der Waals surface area contributed by atoms with Gasteiger partial charge in [0.15, 0.2) is 12.2 Å². The quantitative estimate of drug-likeness (QED) is 0.0169. The summed E-state index contributed by atoms with van der Waals surface area (Å²) >= 11 is 0. The van der Waals surface area contributed by atoms with Gasteiger partial charge in [0, 0.05) is 25.7 Å². The third-order valence-corrected chi connectivity index (χ3v) is 18.8. The average molecular weight is 1450 g/mol. The number of carbonyl (C=O) groups is 4. The van der Waals surface area contributed by atoms with E-state index in [1.54, 1.807) is 0 Å². The highest BCUT2D eigenvalue weighted by atomic mass is 31.2. The molecule has 0 heterocycles. The Balaban J connectivity index is 5.38. The van der Waals surface area contributed by atoms with Gasteiger partial charge in [-0.2, -0.15) is 0 Å². The van der Waals surface area contributed by atoms with E-state index in [1.807, 2.05) is 12.2 Å². The van der Waals surface area contributed by atoms with E-state index >= 15 is 0 Å². The van der Waals surface area contributed by atoms with Gasteiger partial charge < -0.3 is 33.8 Å². The molecule has 17 nitrogen and oxygen atoms in total. The largest absolute Gasteiger partial charge is 0.472 e. The number of allylic oxidation sites excluding steroid dienone is 14. The van der Waals surface area contributed by atoms with Crippen LogP contribution < -0.4 is 0 Å². The van der Waals surface area contributed by atoms with E-state index in [0.29, 0.717) is 32.1 Å². The SMILES string of the molecule is CC/C=C\C/C=C\C/C=C\C/C=C\C/C=C\CCCC(=O)OCC(COP(=O)(O)OCC(O)COP(=O)(O)OCC(COC(=O)CCCCCCCCCCCCCCCCC)OC(=O)CCCCCCCCCCCCCCC)OC(=O)CCCCCCC/C=C\C/C=C\CCCCC. The van der Waals surface area contributed by atoms with Gasteiger partial charge >= 0.3 is 39.5 Å². The van der Waals surface area contributed by atoms with Gasteiger partial charge in [-0.15, -0.1) is 0 Å². The maximum Gasteiger partial charge on any atom is 0.472 e. The lowest BCUT2D eigenvalue weighted by molar-refractivity contribution is -0.161. The van der Waals surface area contributed by atoms with E-state index < -0.39 is 97.5 Å². The number of esters is 4. The standard InChI is InChI=1S/C81H144O17P2/c1-5-9-13-17-21-25-29-33-36-37-40-43-46-50-54-58-62-66-79(84)92-72-77(98-81(86)68-64-60-56-52-48-44-39-35-31-27-23-19-15-11-7-3)74-96-100(89,90)94-70-75(82)69-93-99(87,88)95-73-76(97-80(85)67-63-59-55-51-47-41-32-28-24-20-16-12-8-4)71-91-78(83)65-61-57-53-49-45-42-38-34-30-26-22-18-14-10-6-2/h9,13,21,23,25,27,33,35-36,39-40,43,50,54,75-77,82H,5-8,10-12,14-20,22,24,26,28-32,34,37-38,41-42,44-49,51-53,55-74H2,1-4H3,(H,87,88)(H,89,90)/b13-9-,25-21-,27-23-,36-33-,39-35-,43-40-,54-50-. The summed E-state index contributed by atoms with van der Waals surface area (Å²) < 4.78 is 68.5. The first-order chi connectivity index (χ1) is 48.7. The molecular weight excluding hydrogens is 1310 g/mol. The molecule has 3 N–H and O–H groups in total. The summed E-state index contributed by atoms with van der Waals surface area (Å²) in [5.41, 5.74) is 0. The molecule has 19 heteroatoms. The van der Waals surface area contributed by atoms with Crippen molar-refractivity contribution in [2.24, 2.45) is 0 Å². The van der Waals surface area contributed by atoms with Crippen molar-refractivity contribution in [1.82, 2.24) is 0 Å². The van der Waals surface area contributed by atoms with Gasteiger partial charge in [-0.1, -0.05) is 312 Å². The Morgan fingerprint density at radius 2 is 0.530 bits per heavy atom. The fourth-order valence-corrected chi connectivity index (χ4v) is 12.4. The van der Waals surface area contributed by atoms with Crippen molar-refractivity contribution in [3.8, 4) is 0 Å². The minimum absolute atomic E-state index is 0.0680. The summed E-state index contributed by atoms with van der Waals surface area (Å²) in [7, 11) is -9.96. The topological polar surface area (TPSA) is 237 Å². The lowest BCUT2D eigenvalue weighted by Gasteiger charge is -2.21. The number of ether oxygens (including phenoxy) is 4. The predicted molar refractivity (Wildman–Crippen MR) is 409 cm³/mol. The maximum atomic E-state index is 13.1. The highest BCUT2D eigenvalue weighted by Crippen LogP contribution is 2.45. The van der Waals surface area contributed by atoms with Gasteiger partial charge in [0.05, 0.1) is 26.4 Å². The number of unbranched alkanes of at least 4 members (excludes halogenated alkanes) is 35. The summed E-state index contributed by atoms with van der Waals surface area (Å²) in [6, 6.07) is 0. The molecule has 0 amide bonds. The van der Waals surface area contributed by atoms with Crippen LogP contribution >= 0.6 is 15.6 Å². The first kappa shape index (κ1) is 96.2. The van der Waals surface area contributed by atoms with Crippen LogP contribution in [0.5, 0.6) is 0 Å². The Kier molecular flexibility index (Phi) is 70.8. The number of phosphoric ester groups is 2. The molecule has 0 saturated carbocycles. The smallest absolute Gasteiger partial charge is 0.462 e. The summed E-state index contributed by atoms with van der Waals surface area (Å²) in [5, 5.41) is 10.6. The summed E-state index contributed by atoms with van der Waals surface area (Å²) in [6.07, 6.45) is 75.7. The molecule has 5 atom stereocenters. The third kappa shape index (κ3) is 72.6. The molecule has 0 aliphatic rings. The van der Waals surface area contributed by atoms with Gasteiger partial charge in [0.1, 0.15) is 19.3 Å². The molecule has 0 aromatic heterocycles. The van der Waals surface area contributed by atoms with Crippen LogP contribution in [0.4, 0.5) is 0 Å². The van der Waals surface area contributed by atoms with Crippen LogP contribution in [-0.2, 0) is 65.4 Å². The van der Waals surface area contributed by atoms with Gasteiger partial charge in [0.25, 0.3) is 0 Å². The molecule has 5 unspecified atom stereocenters. The van der Waals surface area contributed by atoms with Crippen LogP contribution in [0.3, 0.4) is 0 Å². The molecule has 0 aliphatic carbocycles. The highest BCUT2D eigenvalue weighted by Gasteiger charge is 2.30. The Labute approximate surface area is 608 Å². The Morgan fingerprint density at radius 3 is 0.860 bits per heavy atom.